The number of rotatable bonds is 3. The summed E-state index contributed by atoms with van der Waals surface area (Å²) in [5.74, 6) is -0.570. The number of allylic oxidation sites excluding steroid dienone is 2. The van der Waals surface area contributed by atoms with Crippen molar-refractivity contribution < 1.29 is 14.4 Å². The minimum Gasteiger partial charge on any atom is -0.334 e. The van der Waals surface area contributed by atoms with Crippen LogP contribution in [0.4, 0.5) is 0 Å². The highest BCUT2D eigenvalue weighted by molar-refractivity contribution is 7.13. The van der Waals surface area contributed by atoms with Crippen molar-refractivity contribution in [2.45, 2.75) is 18.9 Å². The molecule has 0 unspecified atom stereocenters. The number of carbonyl (C=O) groups excluding carboxylic acids is 3. The Balaban J connectivity index is 1.24. The van der Waals surface area contributed by atoms with Gasteiger partial charge >= 0.3 is 0 Å². The maximum absolute atomic E-state index is 12.7. The number of hydrogen-bond acceptors (Lipinski definition) is 4. The fraction of sp³-hybridized carbons (Fsp3) is 0.318. The molecule has 3 amide bonds. The number of benzene rings is 1. The van der Waals surface area contributed by atoms with E-state index in [9.17, 15) is 14.4 Å². The SMILES string of the molecule is O=C(c1ccc(-c2cccs2)cc1)N1CC(N2C(=O)[C@@H]3CC=CC[C@H]3C2=O)C1. The molecule has 5 nitrogen and oxygen atoms in total. The van der Waals surface area contributed by atoms with Crippen molar-refractivity contribution in [2.75, 3.05) is 13.1 Å². The van der Waals surface area contributed by atoms with E-state index in [0.717, 1.165) is 5.56 Å². The van der Waals surface area contributed by atoms with E-state index in [-0.39, 0.29) is 35.6 Å². The van der Waals surface area contributed by atoms with Gasteiger partial charge in [-0.25, -0.2) is 0 Å². The fourth-order valence-corrected chi connectivity index (χ4v) is 5.11. The van der Waals surface area contributed by atoms with Gasteiger partial charge in [-0.3, -0.25) is 19.3 Å². The molecule has 0 spiro atoms. The third kappa shape index (κ3) is 2.71. The normalized spacial score (nSPS) is 24.4. The van der Waals surface area contributed by atoms with E-state index < -0.39 is 0 Å². The highest BCUT2D eigenvalue weighted by Gasteiger charge is 2.52. The summed E-state index contributed by atoms with van der Waals surface area (Å²) < 4.78 is 0. The number of amides is 3. The Bertz CT molecular complexity index is 932. The van der Waals surface area contributed by atoms with Gasteiger partial charge in [0.2, 0.25) is 11.8 Å². The molecule has 2 aromatic rings. The van der Waals surface area contributed by atoms with Gasteiger partial charge in [-0.2, -0.15) is 0 Å². The van der Waals surface area contributed by atoms with E-state index in [1.165, 1.54) is 9.78 Å². The number of likely N-dealkylation sites (tertiary alicyclic amines) is 2. The fourth-order valence-electron chi connectivity index (χ4n) is 4.37. The van der Waals surface area contributed by atoms with Gasteiger partial charge in [-0.1, -0.05) is 30.4 Å². The summed E-state index contributed by atoms with van der Waals surface area (Å²) in [5, 5.41) is 2.03. The minimum absolute atomic E-state index is 0.0489. The average molecular weight is 392 g/mol. The van der Waals surface area contributed by atoms with Gasteiger partial charge in [0.1, 0.15) is 0 Å². The van der Waals surface area contributed by atoms with Crippen molar-refractivity contribution in [3.8, 4) is 10.4 Å². The first-order chi connectivity index (χ1) is 13.6. The molecule has 1 aromatic carbocycles. The first-order valence-electron chi connectivity index (χ1n) is 9.58. The number of fused-ring (bicyclic) bond motifs is 1. The van der Waals surface area contributed by atoms with Crippen LogP contribution in [0.3, 0.4) is 0 Å². The summed E-state index contributed by atoms with van der Waals surface area (Å²) in [6.07, 6.45) is 5.29. The van der Waals surface area contributed by atoms with Gasteiger partial charge in [0.05, 0.1) is 17.9 Å². The maximum atomic E-state index is 12.7. The molecular formula is C22H20N2O3S. The third-order valence-corrected chi connectivity index (χ3v) is 6.91. The Labute approximate surface area is 167 Å². The number of nitrogens with zero attached hydrogens (tertiary/aromatic N) is 2. The number of carbonyl (C=O) groups is 3. The van der Waals surface area contributed by atoms with E-state index in [4.69, 9.17) is 0 Å². The first-order valence-corrected chi connectivity index (χ1v) is 10.5. The summed E-state index contributed by atoms with van der Waals surface area (Å²) >= 11 is 1.67. The number of hydrogen-bond donors (Lipinski definition) is 0. The van der Waals surface area contributed by atoms with Crippen molar-refractivity contribution in [3.63, 3.8) is 0 Å². The van der Waals surface area contributed by atoms with E-state index in [2.05, 4.69) is 6.07 Å². The van der Waals surface area contributed by atoms with E-state index in [0.29, 0.717) is 31.5 Å². The summed E-state index contributed by atoms with van der Waals surface area (Å²) in [4.78, 5) is 42.4. The zero-order valence-corrected chi connectivity index (χ0v) is 16.1. The van der Waals surface area contributed by atoms with Crippen molar-refractivity contribution in [3.05, 3.63) is 59.5 Å². The molecule has 2 fully saturated rings. The van der Waals surface area contributed by atoms with Crippen LogP contribution in [0.2, 0.25) is 0 Å². The van der Waals surface area contributed by atoms with Crippen LogP contribution in [0.5, 0.6) is 0 Å². The molecule has 0 radical (unpaired) electrons. The summed E-state index contributed by atoms with van der Waals surface area (Å²) in [6.45, 7) is 0.853. The van der Waals surface area contributed by atoms with Gasteiger partial charge < -0.3 is 4.90 Å². The van der Waals surface area contributed by atoms with Crippen LogP contribution < -0.4 is 0 Å². The predicted octanol–water partition coefficient (Wildman–Crippen LogP) is 3.19. The molecule has 0 saturated carbocycles. The molecule has 6 heteroatoms. The van der Waals surface area contributed by atoms with Crippen LogP contribution in [0.25, 0.3) is 10.4 Å². The van der Waals surface area contributed by atoms with Crippen LogP contribution in [-0.4, -0.2) is 46.7 Å². The van der Waals surface area contributed by atoms with Crippen molar-refractivity contribution >= 4 is 29.1 Å². The lowest BCUT2D eigenvalue weighted by atomic mass is 9.85. The Morgan fingerprint density at radius 2 is 1.57 bits per heavy atom. The molecule has 0 N–H and O–H groups in total. The standard InChI is InChI=1S/C22H20N2O3S/c25-20(15-9-7-14(8-10-15)19-6-3-11-28-19)23-12-16(13-23)24-21(26)17-4-1-2-5-18(17)22(24)27/h1-3,6-11,16-18H,4-5,12-13H2/t17-,18-/m1/s1. The monoisotopic (exact) mass is 392 g/mol. The minimum atomic E-state index is -0.202. The molecule has 2 aliphatic heterocycles. The highest BCUT2D eigenvalue weighted by Crippen LogP contribution is 2.37. The van der Waals surface area contributed by atoms with Gasteiger partial charge in [-0.15, -0.1) is 11.3 Å². The lowest BCUT2D eigenvalue weighted by Gasteiger charge is -2.43. The van der Waals surface area contributed by atoms with Gasteiger partial charge in [0.25, 0.3) is 5.91 Å². The van der Waals surface area contributed by atoms with E-state index >= 15 is 0 Å². The maximum Gasteiger partial charge on any atom is 0.253 e. The van der Waals surface area contributed by atoms with E-state index in [1.807, 2.05) is 47.9 Å². The van der Waals surface area contributed by atoms with Gasteiger partial charge in [-0.05, 0) is 42.0 Å². The summed E-state index contributed by atoms with van der Waals surface area (Å²) in [7, 11) is 0. The first kappa shape index (κ1) is 17.4. The van der Waals surface area contributed by atoms with Crippen LogP contribution in [0.15, 0.2) is 53.9 Å². The Kier molecular flexibility index (Phi) is 4.16. The molecule has 28 heavy (non-hydrogen) atoms. The molecule has 2 atom stereocenters. The molecular weight excluding hydrogens is 372 g/mol. The van der Waals surface area contributed by atoms with Crippen molar-refractivity contribution in [2.24, 2.45) is 11.8 Å². The molecule has 142 valence electrons. The highest BCUT2D eigenvalue weighted by atomic mass is 32.1. The smallest absolute Gasteiger partial charge is 0.253 e. The van der Waals surface area contributed by atoms with Gasteiger partial charge in [0, 0.05) is 23.5 Å². The zero-order chi connectivity index (χ0) is 19.3. The topological polar surface area (TPSA) is 57.7 Å². The molecule has 3 heterocycles. The van der Waals surface area contributed by atoms with E-state index in [1.54, 1.807) is 16.2 Å². The average Bonchev–Trinajstić information content (AvgIpc) is 3.31. The number of imide groups is 1. The zero-order valence-electron chi connectivity index (χ0n) is 15.3. The second kappa shape index (κ2) is 6.71. The van der Waals surface area contributed by atoms with Crippen LogP contribution in [0.1, 0.15) is 23.2 Å². The third-order valence-electron chi connectivity index (χ3n) is 5.99. The molecule has 0 bridgehead atoms. The molecule has 5 rings (SSSR count). The van der Waals surface area contributed by atoms with Crippen LogP contribution >= 0.6 is 11.3 Å². The molecule has 1 aromatic heterocycles. The van der Waals surface area contributed by atoms with Crippen LogP contribution in [0, 0.1) is 11.8 Å². The second-order valence-electron chi connectivity index (χ2n) is 7.62. The lowest BCUT2D eigenvalue weighted by Crippen LogP contribution is -2.62. The summed E-state index contributed by atoms with van der Waals surface area (Å²) in [5.41, 5.74) is 1.73. The molecule has 2 saturated heterocycles. The summed E-state index contributed by atoms with van der Waals surface area (Å²) in [6, 6.07) is 11.5. The van der Waals surface area contributed by atoms with Gasteiger partial charge in [0.15, 0.2) is 0 Å². The Hall–Kier alpha value is -2.73. The molecule has 1 aliphatic carbocycles. The molecule has 3 aliphatic rings. The Morgan fingerprint density at radius 1 is 0.929 bits per heavy atom. The van der Waals surface area contributed by atoms with Crippen molar-refractivity contribution in [1.82, 2.24) is 9.80 Å². The van der Waals surface area contributed by atoms with Crippen molar-refractivity contribution in [1.29, 1.82) is 0 Å². The largest absolute Gasteiger partial charge is 0.334 e. The Morgan fingerprint density at radius 3 is 2.14 bits per heavy atom. The lowest BCUT2D eigenvalue weighted by molar-refractivity contribution is -0.145. The second-order valence-corrected chi connectivity index (χ2v) is 8.57. The predicted molar refractivity (Wildman–Crippen MR) is 107 cm³/mol. The van der Waals surface area contributed by atoms with Crippen LogP contribution in [-0.2, 0) is 9.59 Å². The quantitative estimate of drug-likeness (QED) is 0.595. The number of thiophene rings is 1.